The molecule has 1 saturated carbocycles. The predicted molar refractivity (Wildman–Crippen MR) is 139 cm³/mol. The Kier molecular flexibility index (Phi) is 7.99. The van der Waals surface area contributed by atoms with Crippen LogP contribution < -0.4 is 15.8 Å². The second-order valence-corrected chi connectivity index (χ2v) is 9.08. The summed E-state index contributed by atoms with van der Waals surface area (Å²) in [7, 11) is 1.56. The molecule has 1 aliphatic carbocycles. The number of benzene rings is 3. The first-order valence-corrected chi connectivity index (χ1v) is 12.1. The normalized spacial score (nSPS) is 17.0. The van der Waals surface area contributed by atoms with Crippen LogP contribution in [0.4, 0.5) is 5.69 Å². The summed E-state index contributed by atoms with van der Waals surface area (Å²) in [5.74, 6) is 0.296. The van der Waals surface area contributed by atoms with Crippen LogP contribution in [0.15, 0.2) is 72.8 Å². The molecular formula is C29H30N4O3. The molecular weight excluding hydrogens is 452 g/mol. The molecule has 0 radical (unpaired) electrons. The summed E-state index contributed by atoms with van der Waals surface area (Å²) in [6.07, 6.45) is 3.43. The zero-order valence-corrected chi connectivity index (χ0v) is 20.3. The maximum absolute atomic E-state index is 13.6. The van der Waals surface area contributed by atoms with Crippen LogP contribution in [0.25, 0.3) is 0 Å². The zero-order valence-electron chi connectivity index (χ0n) is 20.3. The number of rotatable bonds is 7. The molecule has 7 nitrogen and oxygen atoms in total. The van der Waals surface area contributed by atoms with E-state index in [-0.39, 0.29) is 23.9 Å². The molecule has 1 fully saturated rings. The minimum absolute atomic E-state index is 0.0722. The molecule has 0 bridgehead atoms. The smallest absolute Gasteiger partial charge is 0.255 e. The summed E-state index contributed by atoms with van der Waals surface area (Å²) in [6.45, 7) is 0.404. The van der Waals surface area contributed by atoms with Gasteiger partial charge in [-0.25, -0.2) is 0 Å². The van der Waals surface area contributed by atoms with Crippen LogP contribution in [0, 0.1) is 11.3 Å². The SMILES string of the molecule is COc1cccc(C(=O)Nc2cccc(CN(C(=O)c3ccc(C#N)cc3)C3CCC(N)CC3)c2)c1. The lowest BCUT2D eigenvalue weighted by atomic mass is 9.90. The van der Waals surface area contributed by atoms with E-state index >= 15 is 0 Å². The number of ether oxygens (including phenoxy) is 1. The fourth-order valence-electron chi connectivity index (χ4n) is 4.54. The van der Waals surface area contributed by atoms with Crippen molar-refractivity contribution in [2.45, 2.75) is 44.3 Å². The highest BCUT2D eigenvalue weighted by Crippen LogP contribution is 2.26. The van der Waals surface area contributed by atoms with E-state index < -0.39 is 0 Å². The van der Waals surface area contributed by atoms with Crippen molar-refractivity contribution < 1.29 is 14.3 Å². The van der Waals surface area contributed by atoms with Crippen LogP contribution in [0.2, 0.25) is 0 Å². The van der Waals surface area contributed by atoms with Crippen molar-refractivity contribution in [2.75, 3.05) is 12.4 Å². The quantitative estimate of drug-likeness (QED) is 0.506. The van der Waals surface area contributed by atoms with Crippen molar-refractivity contribution in [2.24, 2.45) is 5.73 Å². The Hall–Kier alpha value is -4.15. The largest absolute Gasteiger partial charge is 0.497 e. The molecule has 1 aliphatic rings. The van der Waals surface area contributed by atoms with Gasteiger partial charge in [0.05, 0.1) is 18.7 Å². The molecule has 3 aromatic carbocycles. The Morgan fingerprint density at radius 3 is 2.42 bits per heavy atom. The first-order chi connectivity index (χ1) is 17.5. The van der Waals surface area contributed by atoms with E-state index in [1.807, 2.05) is 29.2 Å². The van der Waals surface area contributed by atoms with E-state index in [0.717, 1.165) is 31.2 Å². The molecule has 36 heavy (non-hydrogen) atoms. The van der Waals surface area contributed by atoms with Gasteiger partial charge in [-0.2, -0.15) is 5.26 Å². The van der Waals surface area contributed by atoms with Gasteiger partial charge in [0.2, 0.25) is 0 Å². The number of carbonyl (C=O) groups excluding carboxylic acids is 2. The maximum Gasteiger partial charge on any atom is 0.255 e. The molecule has 0 saturated heterocycles. The average Bonchev–Trinajstić information content (AvgIpc) is 2.92. The second-order valence-electron chi connectivity index (χ2n) is 9.08. The first-order valence-electron chi connectivity index (χ1n) is 12.1. The molecule has 0 aromatic heterocycles. The van der Waals surface area contributed by atoms with E-state index in [9.17, 15) is 9.59 Å². The number of nitrogens with two attached hydrogens (primary N) is 1. The van der Waals surface area contributed by atoms with Gasteiger partial charge in [-0.05, 0) is 85.8 Å². The maximum atomic E-state index is 13.6. The molecule has 0 aliphatic heterocycles. The summed E-state index contributed by atoms with van der Waals surface area (Å²) in [5.41, 5.74) is 9.24. The highest BCUT2D eigenvalue weighted by molar-refractivity contribution is 6.04. The molecule has 184 valence electrons. The Balaban J connectivity index is 1.54. The lowest BCUT2D eigenvalue weighted by Crippen LogP contribution is -2.43. The summed E-state index contributed by atoms with van der Waals surface area (Å²) in [6, 6.07) is 23.6. The summed E-state index contributed by atoms with van der Waals surface area (Å²) in [4.78, 5) is 28.2. The molecule has 0 atom stereocenters. The van der Waals surface area contributed by atoms with Crippen molar-refractivity contribution in [3.05, 3.63) is 95.1 Å². The minimum Gasteiger partial charge on any atom is -0.497 e. The van der Waals surface area contributed by atoms with Crippen molar-refractivity contribution in [1.82, 2.24) is 4.90 Å². The van der Waals surface area contributed by atoms with E-state index in [1.54, 1.807) is 55.6 Å². The van der Waals surface area contributed by atoms with Gasteiger partial charge < -0.3 is 20.7 Å². The number of carbonyl (C=O) groups is 2. The van der Waals surface area contributed by atoms with Gasteiger partial charge in [-0.15, -0.1) is 0 Å². The third-order valence-electron chi connectivity index (χ3n) is 6.57. The predicted octanol–water partition coefficient (Wildman–Crippen LogP) is 4.73. The number of amides is 2. The third-order valence-corrected chi connectivity index (χ3v) is 6.57. The van der Waals surface area contributed by atoms with Gasteiger partial charge in [0.25, 0.3) is 11.8 Å². The van der Waals surface area contributed by atoms with Crippen molar-refractivity contribution in [3.63, 3.8) is 0 Å². The van der Waals surface area contributed by atoms with E-state index in [4.69, 9.17) is 15.7 Å². The van der Waals surface area contributed by atoms with Crippen molar-refractivity contribution >= 4 is 17.5 Å². The van der Waals surface area contributed by atoms with E-state index in [1.165, 1.54) is 0 Å². The molecule has 2 amide bonds. The van der Waals surface area contributed by atoms with Gasteiger partial charge in [0.1, 0.15) is 5.75 Å². The molecule has 0 unspecified atom stereocenters. The lowest BCUT2D eigenvalue weighted by Gasteiger charge is -2.36. The van der Waals surface area contributed by atoms with Crippen LogP contribution in [0.5, 0.6) is 5.75 Å². The average molecular weight is 483 g/mol. The molecule has 0 heterocycles. The molecule has 3 aromatic rings. The van der Waals surface area contributed by atoms with E-state index in [2.05, 4.69) is 11.4 Å². The Bertz CT molecular complexity index is 1260. The Morgan fingerprint density at radius 2 is 1.72 bits per heavy atom. The first kappa shape index (κ1) is 25.0. The van der Waals surface area contributed by atoms with Crippen LogP contribution in [0.1, 0.15) is 57.5 Å². The Morgan fingerprint density at radius 1 is 1.00 bits per heavy atom. The molecule has 0 spiro atoms. The van der Waals surface area contributed by atoms with Crippen molar-refractivity contribution in [3.8, 4) is 11.8 Å². The number of nitrogens with zero attached hydrogens (tertiary/aromatic N) is 2. The van der Waals surface area contributed by atoms with Gasteiger partial charge in [0.15, 0.2) is 0 Å². The molecule has 7 heteroatoms. The number of nitrogens with one attached hydrogen (secondary N) is 1. The number of hydrogen-bond donors (Lipinski definition) is 2. The van der Waals surface area contributed by atoms with Crippen molar-refractivity contribution in [1.29, 1.82) is 5.26 Å². The molecule has 3 N–H and O–H groups in total. The van der Waals surface area contributed by atoms with E-state index in [0.29, 0.717) is 34.7 Å². The standard InChI is InChI=1S/C29H30N4O3/c1-36-27-7-3-5-23(17-27)28(34)32-25-6-2-4-21(16-25)19-33(26-14-12-24(31)13-15-26)29(35)22-10-8-20(18-30)9-11-22/h2-11,16-17,24,26H,12-15,19,31H2,1H3,(H,32,34). The number of hydrogen-bond acceptors (Lipinski definition) is 5. The van der Waals surface area contributed by atoms with Crippen LogP contribution in [-0.2, 0) is 6.54 Å². The number of nitriles is 1. The monoisotopic (exact) mass is 482 g/mol. The highest BCUT2D eigenvalue weighted by atomic mass is 16.5. The second kappa shape index (κ2) is 11.5. The van der Waals surface area contributed by atoms with Gasteiger partial charge >= 0.3 is 0 Å². The molecule has 4 rings (SSSR count). The number of anilines is 1. The van der Waals surface area contributed by atoms with Gasteiger partial charge in [-0.1, -0.05) is 18.2 Å². The lowest BCUT2D eigenvalue weighted by molar-refractivity contribution is 0.0606. The fourth-order valence-corrected chi connectivity index (χ4v) is 4.54. The van der Waals surface area contributed by atoms with Crippen LogP contribution >= 0.6 is 0 Å². The third kappa shape index (κ3) is 6.09. The highest BCUT2D eigenvalue weighted by Gasteiger charge is 2.28. The van der Waals surface area contributed by atoms with Gasteiger partial charge in [0, 0.05) is 35.4 Å². The van der Waals surface area contributed by atoms with Crippen LogP contribution in [0.3, 0.4) is 0 Å². The summed E-state index contributed by atoms with van der Waals surface area (Å²) < 4.78 is 5.21. The summed E-state index contributed by atoms with van der Waals surface area (Å²) in [5, 5.41) is 12.0. The zero-order chi connectivity index (χ0) is 25.5. The minimum atomic E-state index is -0.238. The number of methoxy groups -OCH3 is 1. The van der Waals surface area contributed by atoms with Gasteiger partial charge in [-0.3, -0.25) is 9.59 Å². The topological polar surface area (TPSA) is 108 Å². The summed E-state index contributed by atoms with van der Waals surface area (Å²) >= 11 is 0. The Labute approximate surface area is 211 Å². The van der Waals surface area contributed by atoms with Crippen LogP contribution in [-0.4, -0.2) is 35.9 Å². The fraction of sp³-hybridized carbons (Fsp3) is 0.276.